The van der Waals surface area contributed by atoms with Gasteiger partial charge in [-0.15, -0.1) is 10.2 Å². The number of fused-ring (bicyclic) bond motifs is 1. The van der Waals surface area contributed by atoms with Gasteiger partial charge in [-0.2, -0.15) is 18.3 Å². The van der Waals surface area contributed by atoms with Gasteiger partial charge < -0.3 is 4.90 Å². The number of hydrogen-bond acceptors (Lipinski definition) is 6. The number of nitrogens with one attached hydrogen (secondary N) is 1. The number of benzene rings is 2. The van der Waals surface area contributed by atoms with E-state index in [1.807, 2.05) is 42.3 Å². The molecular weight excluding hydrogens is 512 g/mol. The summed E-state index contributed by atoms with van der Waals surface area (Å²) in [6, 6.07) is 10.4. The van der Waals surface area contributed by atoms with Crippen molar-refractivity contribution in [2.24, 2.45) is 7.05 Å². The Morgan fingerprint density at radius 3 is 2.35 bits per heavy atom. The molecule has 1 N–H and O–H groups in total. The van der Waals surface area contributed by atoms with Crippen molar-refractivity contribution >= 4 is 26.6 Å². The Balaban J connectivity index is 1.36. The van der Waals surface area contributed by atoms with E-state index in [0.29, 0.717) is 49.6 Å². The highest BCUT2D eigenvalue weighted by molar-refractivity contribution is 7.89. The molecule has 0 spiro atoms. The van der Waals surface area contributed by atoms with Crippen molar-refractivity contribution in [3.63, 3.8) is 0 Å². The lowest BCUT2D eigenvalue weighted by atomic mass is 10.0. The molecule has 1 fully saturated rings. The Morgan fingerprint density at radius 1 is 1.00 bits per heavy atom. The summed E-state index contributed by atoms with van der Waals surface area (Å²) in [4.78, 5) is 0.984. The zero-order valence-corrected chi connectivity index (χ0v) is 20.4. The normalized spacial score (nSPS) is 15.4. The van der Waals surface area contributed by atoms with Crippen LogP contribution in [-0.2, 0) is 23.2 Å². The van der Waals surface area contributed by atoms with E-state index >= 15 is 0 Å². The molecule has 0 aliphatic carbocycles. The number of aryl methyl sites for hydroxylation is 1. The lowest BCUT2D eigenvalue weighted by Crippen LogP contribution is -2.45. The fourth-order valence-corrected chi connectivity index (χ4v) is 6.08. The highest BCUT2D eigenvalue weighted by atomic mass is 32.2. The quantitative estimate of drug-likeness (QED) is 0.387. The number of hydrogen-bond donors (Lipinski definition) is 1. The molecule has 0 bridgehead atoms. The summed E-state index contributed by atoms with van der Waals surface area (Å²) < 4.78 is 83.2. The first-order valence-electron chi connectivity index (χ1n) is 11.4. The van der Waals surface area contributed by atoms with Crippen molar-refractivity contribution in [3.05, 3.63) is 66.1 Å². The summed E-state index contributed by atoms with van der Waals surface area (Å²) >= 11 is 0. The van der Waals surface area contributed by atoms with Crippen molar-refractivity contribution in [3.8, 4) is 11.4 Å². The molecule has 37 heavy (non-hydrogen) atoms. The molecule has 13 heteroatoms. The molecule has 3 heterocycles. The molecule has 0 amide bonds. The second kappa shape index (κ2) is 9.38. The number of sulfonamides is 1. The van der Waals surface area contributed by atoms with Gasteiger partial charge in [0.05, 0.1) is 16.2 Å². The summed E-state index contributed by atoms with van der Waals surface area (Å²) in [5.74, 6) is -0.525. The first-order chi connectivity index (χ1) is 17.5. The summed E-state index contributed by atoms with van der Waals surface area (Å²) in [6.45, 7) is 0.818. The summed E-state index contributed by atoms with van der Waals surface area (Å²) in [5.41, 5.74) is -0.0446. The van der Waals surface area contributed by atoms with E-state index in [1.165, 1.54) is 0 Å². The van der Waals surface area contributed by atoms with E-state index in [4.69, 9.17) is 0 Å². The molecule has 5 rings (SSSR count). The average Bonchev–Trinajstić information content (AvgIpc) is 3.28. The maximum Gasteiger partial charge on any atom is 0.417 e. The van der Waals surface area contributed by atoms with E-state index in [2.05, 4.69) is 20.0 Å². The zero-order valence-electron chi connectivity index (χ0n) is 19.6. The van der Waals surface area contributed by atoms with Crippen molar-refractivity contribution in [2.45, 2.75) is 30.0 Å². The maximum absolute atomic E-state index is 13.4. The summed E-state index contributed by atoms with van der Waals surface area (Å²) in [7, 11) is -2.72. The number of alkyl halides is 3. The number of nitrogens with zero attached hydrogens (tertiary/aromatic N) is 5. The molecule has 1 aliphatic rings. The molecule has 2 aromatic heterocycles. The molecule has 194 valence electrons. The lowest BCUT2D eigenvalue weighted by molar-refractivity contribution is -0.140. The number of halogens is 4. The third-order valence-electron chi connectivity index (χ3n) is 6.38. The van der Waals surface area contributed by atoms with E-state index in [-0.39, 0.29) is 6.07 Å². The topological polar surface area (TPSA) is 93.0 Å². The highest BCUT2D eigenvalue weighted by Crippen LogP contribution is 2.35. The fourth-order valence-electron chi connectivity index (χ4n) is 4.57. The molecule has 0 saturated carbocycles. The second-order valence-electron chi connectivity index (χ2n) is 8.78. The monoisotopic (exact) mass is 534 g/mol. The van der Waals surface area contributed by atoms with E-state index in [0.717, 1.165) is 16.5 Å². The molecule has 0 radical (unpaired) electrons. The Hall–Kier alpha value is -3.58. The van der Waals surface area contributed by atoms with Gasteiger partial charge in [-0.3, -0.25) is 4.68 Å². The maximum atomic E-state index is 13.4. The van der Waals surface area contributed by atoms with Crippen LogP contribution in [0.15, 0.2) is 59.6 Å². The van der Waals surface area contributed by atoms with Crippen LogP contribution in [-0.4, -0.2) is 47.5 Å². The van der Waals surface area contributed by atoms with Crippen molar-refractivity contribution < 1.29 is 26.0 Å². The third-order valence-corrected chi connectivity index (χ3v) is 7.96. The van der Waals surface area contributed by atoms with Gasteiger partial charge in [-0.25, -0.2) is 17.5 Å². The van der Waals surface area contributed by atoms with E-state index in [1.54, 1.807) is 10.9 Å². The van der Waals surface area contributed by atoms with Crippen LogP contribution >= 0.6 is 0 Å². The van der Waals surface area contributed by atoms with Gasteiger partial charge in [0.15, 0.2) is 5.82 Å². The summed E-state index contributed by atoms with van der Waals surface area (Å²) in [6.07, 6.45) is -2.67. The fraction of sp³-hybridized carbons (Fsp3) is 0.292. The largest absolute Gasteiger partial charge is 0.417 e. The first kappa shape index (κ1) is 25.1. The van der Waals surface area contributed by atoms with Gasteiger partial charge in [0.25, 0.3) is 0 Å². The number of rotatable bonds is 5. The van der Waals surface area contributed by atoms with Crippen LogP contribution in [0.1, 0.15) is 18.4 Å². The van der Waals surface area contributed by atoms with Gasteiger partial charge in [0.1, 0.15) is 11.5 Å². The molecule has 0 atom stereocenters. The number of piperidine rings is 1. The minimum absolute atomic E-state index is 0.191. The van der Waals surface area contributed by atoms with Crippen molar-refractivity contribution in [1.82, 2.24) is 24.7 Å². The van der Waals surface area contributed by atoms with Crippen LogP contribution in [0, 0.1) is 5.82 Å². The van der Waals surface area contributed by atoms with Gasteiger partial charge >= 0.3 is 6.18 Å². The van der Waals surface area contributed by atoms with Crippen LogP contribution in [0.4, 0.5) is 23.4 Å². The Bertz CT molecular complexity index is 1560. The molecule has 1 aliphatic heterocycles. The standard InChI is InChI=1S/C24H22F4N6O2S/c1-33-20(8-11-29-33)22-17-4-2-3-5-18(17)23(31-30-22)34-12-9-16(10-13-34)32-37(35,36)21-7-6-15(25)14-19(21)24(26,27)28/h2-8,11,14,16,32H,9-10,12-13H2,1H3. The van der Waals surface area contributed by atoms with E-state index in [9.17, 15) is 26.0 Å². The zero-order chi connectivity index (χ0) is 26.4. The smallest absolute Gasteiger partial charge is 0.354 e. The highest BCUT2D eigenvalue weighted by Gasteiger charge is 2.38. The second-order valence-corrected chi connectivity index (χ2v) is 10.5. The number of anilines is 1. The molecular formula is C24H22F4N6O2S. The minimum atomic E-state index is -5.02. The third kappa shape index (κ3) is 4.88. The van der Waals surface area contributed by atoms with Gasteiger partial charge in [0.2, 0.25) is 10.0 Å². The van der Waals surface area contributed by atoms with Crippen LogP contribution in [0.2, 0.25) is 0 Å². The molecule has 4 aromatic rings. The van der Waals surface area contributed by atoms with Gasteiger partial charge in [-0.1, -0.05) is 24.3 Å². The van der Waals surface area contributed by atoms with Crippen LogP contribution in [0.3, 0.4) is 0 Å². The predicted octanol–water partition coefficient (Wildman–Crippen LogP) is 4.14. The van der Waals surface area contributed by atoms with Crippen LogP contribution < -0.4 is 9.62 Å². The first-order valence-corrected chi connectivity index (χ1v) is 12.9. The predicted molar refractivity (Wildman–Crippen MR) is 129 cm³/mol. The van der Waals surface area contributed by atoms with E-state index < -0.39 is 38.5 Å². The molecule has 8 nitrogen and oxygen atoms in total. The minimum Gasteiger partial charge on any atom is -0.354 e. The van der Waals surface area contributed by atoms with Crippen molar-refractivity contribution in [2.75, 3.05) is 18.0 Å². The molecule has 2 aromatic carbocycles. The number of aromatic nitrogens is 4. The molecule has 0 unspecified atom stereocenters. The average molecular weight is 535 g/mol. The van der Waals surface area contributed by atoms with Gasteiger partial charge in [-0.05, 0) is 37.1 Å². The van der Waals surface area contributed by atoms with Gasteiger partial charge in [0, 0.05) is 43.1 Å². The summed E-state index contributed by atoms with van der Waals surface area (Å²) in [5, 5.41) is 14.8. The van der Waals surface area contributed by atoms with Crippen molar-refractivity contribution in [1.29, 1.82) is 0 Å². The lowest BCUT2D eigenvalue weighted by Gasteiger charge is -2.33. The Kier molecular flexibility index (Phi) is 6.36. The van der Waals surface area contributed by atoms with Crippen LogP contribution in [0.5, 0.6) is 0 Å². The SMILES string of the molecule is Cn1nccc1-c1nnc(N2CCC(NS(=O)(=O)c3ccc(F)cc3C(F)(F)F)CC2)c2ccccc12. The Morgan fingerprint density at radius 2 is 1.70 bits per heavy atom. The molecule has 1 saturated heterocycles. The van der Waals surface area contributed by atoms with Crippen LogP contribution in [0.25, 0.3) is 22.2 Å². The Labute approximate surface area is 210 Å².